The van der Waals surface area contributed by atoms with E-state index in [-0.39, 0.29) is 30.0 Å². The molecule has 0 saturated carbocycles. The van der Waals surface area contributed by atoms with Gasteiger partial charge in [-0.3, -0.25) is 14.4 Å². The number of benzene rings is 2. The minimum Gasteiger partial charge on any atom is -0.352 e. The van der Waals surface area contributed by atoms with Gasteiger partial charge in [0.25, 0.3) is 11.1 Å². The fraction of sp³-hybridized carbons (Fsp3) is 0.174. The molecule has 6 heteroatoms. The zero-order valence-corrected chi connectivity index (χ0v) is 16.0. The molecule has 4 aromatic rings. The molecule has 4 rings (SSSR count). The number of fused-ring (bicyclic) bond motifs is 2. The molecule has 0 aliphatic heterocycles. The predicted molar refractivity (Wildman–Crippen MR) is 114 cm³/mol. The first kappa shape index (κ1) is 18.7. The van der Waals surface area contributed by atoms with Crippen LogP contribution in [0.3, 0.4) is 0 Å². The van der Waals surface area contributed by atoms with Gasteiger partial charge in [-0.15, -0.1) is 0 Å². The fourth-order valence-corrected chi connectivity index (χ4v) is 3.40. The zero-order chi connectivity index (χ0) is 20.4. The highest BCUT2D eigenvalue weighted by Gasteiger charge is 2.09. The third-order valence-corrected chi connectivity index (χ3v) is 5.01. The van der Waals surface area contributed by atoms with Crippen LogP contribution >= 0.6 is 0 Å². The van der Waals surface area contributed by atoms with Crippen LogP contribution in [0, 0.1) is 6.92 Å². The van der Waals surface area contributed by atoms with Crippen molar-refractivity contribution in [1.82, 2.24) is 15.3 Å². The van der Waals surface area contributed by atoms with E-state index in [1.54, 1.807) is 6.07 Å². The van der Waals surface area contributed by atoms with E-state index >= 15 is 0 Å². The summed E-state index contributed by atoms with van der Waals surface area (Å²) in [5.41, 5.74) is 3.30. The van der Waals surface area contributed by atoms with Crippen molar-refractivity contribution in [3.05, 3.63) is 92.0 Å². The number of aromatic amines is 2. The maximum atomic E-state index is 12.3. The van der Waals surface area contributed by atoms with Crippen molar-refractivity contribution < 1.29 is 4.79 Å². The topological polar surface area (TPSA) is 94.8 Å². The molecule has 0 bridgehead atoms. The molecule has 2 heterocycles. The number of rotatable bonds is 5. The van der Waals surface area contributed by atoms with Gasteiger partial charge in [-0.05, 0) is 53.9 Å². The average molecular weight is 387 g/mol. The van der Waals surface area contributed by atoms with Crippen molar-refractivity contribution in [1.29, 1.82) is 0 Å². The second-order valence-electron chi connectivity index (χ2n) is 7.20. The molecule has 29 heavy (non-hydrogen) atoms. The molecule has 0 aliphatic rings. The third-order valence-electron chi connectivity index (χ3n) is 5.01. The summed E-state index contributed by atoms with van der Waals surface area (Å²) in [7, 11) is 0. The lowest BCUT2D eigenvalue weighted by molar-refractivity contribution is -0.121. The number of aryl methyl sites for hydroxylation is 2. The molecular weight excluding hydrogens is 366 g/mol. The molecule has 0 fully saturated rings. The summed E-state index contributed by atoms with van der Waals surface area (Å²) in [6.45, 7) is 2.11. The first-order valence-corrected chi connectivity index (χ1v) is 9.50. The van der Waals surface area contributed by atoms with E-state index in [9.17, 15) is 14.4 Å². The van der Waals surface area contributed by atoms with E-state index in [1.165, 1.54) is 0 Å². The number of hydrogen-bond donors (Lipinski definition) is 3. The van der Waals surface area contributed by atoms with E-state index in [4.69, 9.17) is 0 Å². The second kappa shape index (κ2) is 7.75. The summed E-state index contributed by atoms with van der Waals surface area (Å²) in [6, 6.07) is 17.0. The highest BCUT2D eigenvalue weighted by atomic mass is 16.2. The minimum atomic E-state index is -0.217. The number of carbonyl (C=O) groups excluding carboxylic acids is 1. The smallest absolute Gasteiger partial charge is 0.253 e. The van der Waals surface area contributed by atoms with Crippen molar-refractivity contribution in [3.63, 3.8) is 0 Å². The van der Waals surface area contributed by atoms with Crippen LogP contribution in [-0.2, 0) is 17.8 Å². The van der Waals surface area contributed by atoms with Gasteiger partial charge in [0.05, 0.1) is 0 Å². The van der Waals surface area contributed by atoms with Gasteiger partial charge in [0, 0.05) is 35.1 Å². The lowest BCUT2D eigenvalue weighted by Crippen LogP contribution is -2.27. The Bertz CT molecular complexity index is 1330. The first-order chi connectivity index (χ1) is 14.0. The Labute approximate surface area is 166 Å². The van der Waals surface area contributed by atoms with Crippen LogP contribution in [0.4, 0.5) is 0 Å². The molecule has 0 unspecified atom stereocenters. The number of hydrogen-bond acceptors (Lipinski definition) is 3. The first-order valence-electron chi connectivity index (χ1n) is 9.50. The maximum Gasteiger partial charge on any atom is 0.253 e. The van der Waals surface area contributed by atoms with E-state index < -0.39 is 0 Å². The quantitative estimate of drug-likeness (QED) is 0.491. The largest absolute Gasteiger partial charge is 0.352 e. The van der Waals surface area contributed by atoms with E-state index in [0.717, 1.165) is 27.4 Å². The Balaban J connectivity index is 1.42. The lowest BCUT2D eigenvalue weighted by atomic mass is 10.1. The molecule has 146 valence electrons. The third kappa shape index (κ3) is 4.11. The van der Waals surface area contributed by atoms with Gasteiger partial charge >= 0.3 is 0 Å². The summed E-state index contributed by atoms with van der Waals surface area (Å²) in [5.74, 6) is -0.207. The van der Waals surface area contributed by atoms with Crippen molar-refractivity contribution >= 4 is 27.7 Å². The summed E-state index contributed by atoms with van der Waals surface area (Å²) < 4.78 is 0. The molecule has 0 atom stereocenters. The molecule has 6 nitrogen and oxygen atoms in total. The standard InChI is InChI=1S/C23H21N3O3/c1-14-6-7-16-11-17(22(28)26-20(16)10-14)8-9-21(27)24-13-18-12-15-4-2-3-5-19(15)25-23(18)29/h2-7,10-12H,8-9,13H2,1H3,(H,24,27)(H,25,29)(H,26,28). The van der Waals surface area contributed by atoms with Crippen LogP contribution in [0.15, 0.2) is 64.2 Å². The lowest BCUT2D eigenvalue weighted by Gasteiger charge is -2.07. The Morgan fingerprint density at radius 3 is 2.41 bits per heavy atom. The number of carbonyl (C=O) groups is 1. The van der Waals surface area contributed by atoms with Gasteiger partial charge in [-0.1, -0.05) is 30.3 Å². The summed E-state index contributed by atoms with van der Waals surface area (Å²) in [4.78, 5) is 42.4. The van der Waals surface area contributed by atoms with Gasteiger partial charge in [0.15, 0.2) is 0 Å². The monoisotopic (exact) mass is 387 g/mol. The summed E-state index contributed by atoms with van der Waals surface area (Å²) >= 11 is 0. The number of H-pyrrole nitrogens is 2. The highest BCUT2D eigenvalue weighted by Crippen LogP contribution is 2.14. The van der Waals surface area contributed by atoms with Gasteiger partial charge in [-0.2, -0.15) is 0 Å². The molecule has 0 spiro atoms. The van der Waals surface area contributed by atoms with Gasteiger partial charge in [0.1, 0.15) is 0 Å². The molecule has 2 aromatic carbocycles. The van der Waals surface area contributed by atoms with Crippen LogP contribution in [0.25, 0.3) is 21.8 Å². The van der Waals surface area contributed by atoms with Gasteiger partial charge < -0.3 is 15.3 Å². The molecular formula is C23H21N3O3. The summed E-state index contributed by atoms with van der Waals surface area (Å²) in [6.07, 6.45) is 0.505. The van der Waals surface area contributed by atoms with Crippen LogP contribution in [0.2, 0.25) is 0 Å². The van der Waals surface area contributed by atoms with Crippen molar-refractivity contribution in [2.24, 2.45) is 0 Å². The predicted octanol–water partition coefficient (Wildman–Crippen LogP) is 2.93. The number of para-hydroxylation sites is 1. The van der Waals surface area contributed by atoms with E-state index in [1.807, 2.05) is 55.5 Å². The Morgan fingerprint density at radius 2 is 1.55 bits per heavy atom. The number of amides is 1. The van der Waals surface area contributed by atoms with E-state index in [2.05, 4.69) is 15.3 Å². The SMILES string of the molecule is Cc1ccc2cc(CCC(=O)NCc3cc4ccccc4[nH]c3=O)c(=O)[nH]c2c1. The minimum absolute atomic E-state index is 0.145. The molecule has 0 saturated heterocycles. The average Bonchev–Trinajstić information content (AvgIpc) is 2.70. The van der Waals surface area contributed by atoms with Crippen LogP contribution in [-0.4, -0.2) is 15.9 Å². The molecule has 3 N–H and O–H groups in total. The normalized spacial score (nSPS) is 11.1. The van der Waals surface area contributed by atoms with Crippen LogP contribution in [0.1, 0.15) is 23.1 Å². The highest BCUT2D eigenvalue weighted by molar-refractivity contribution is 5.81. The fourth-order valence-electron chi connectivity index (χ4n) is 3.40. The number of aromatic nitrogens is 2. The Morgan fingerprint density at radius 1 is 0.862 bits per heavy atom. The number of nitrogens with one attached hydrogen (secondary N) is 3. The van der Waals surface area contributed by atoms with E-state index in [0.29, 0.717) is 17.5 Å². The maximum absolute atomic E-state index is 12.3. The zero-order valence-electron chi connectivity index (χ0n) is 16.0. The molecule has 0 radical (unpaired) electrons. The summed E-state index contributed by atoms with van der Waals surface area (Å²) in [5, 5.41) is 4.62. The Kier molecular flexibility index (Phi) is 4.99. The van der Waals surface area contributed by atoms with Gasteiger partial charge in [-0.25, -0.2) is 0 Å². The molecule has 2 aromatic heterocycles. The van der Waals surface area contributed by atoms with Crippen molar-refractivity contribution in [3.8, 4) is 0 Å². The Hall–Kier alpha value is -3.67. The van der Waals surface area contributed by atoms with Gasteiger partial charge in [0.2, 0.25) is 5.91 Å². The van der Waals surface area contributed by atoms with Crippen LogP contribution in [0.5, 0.6) is 0 Å². The van der Waals surface area contributed by atoms with Crippen molar-refractivity contribution in [2.75, 3.05) is 0 Å². The van der Waals surface area contributed by atoms with Crippen molar-refractivity contribution in [2.45, 2.75) is 26.3 Å². The van der Waals surface area contributed by atoms with Crippen LogP contribution < -0.4 is 16.4 Å². The number of pyridine rings is 2. The second-order valence-corrected chi connectivity index (χ2v) is 7.20. The molecule has 0 aliphatic carbocycles. The molecule has 1 amide bonds.